The molecule has 0 radical (unpaired) electrons. The van der Waals surface area contributed by atoms with Gasteiger partial charge in [-0.1, -0.05) is 0 Å². The fourth-order valence-corrected chi connectivity index (χ4v) is 2.89. The summed E-state index contributed by atoms with van der Waals surface area (Å²) in [6.07, 6.45) is 14.4. The zero-order chi connectivity index (χ0) is 14.8. The molecule has 7 heteroatoms. The third-order valence-electron chi connectivity index (χ3n) is 3.83. The molecule has 0 aliphatic carbocycles. The number of rotatable bonds is 3. The predicted octanol–water partition coefficient (Wildman–Crippen LogP) is 1.79. The van der Waals surface area contributed by atoms with Crippen LogP contribution in [0.5, 0.6) is 0 Å². The monoisotopic (exact) mass is 293 g/mol. The van der Waals surface area contributed by atoms with Gasteiger partial charge in [-0.3, -0.25) is 9.55 Å². The number of hydrogen-bond donors (Lipinski definition) is 0. The lowest BCUT2D eigenvalue weighted by Crippen LogP contribution is -2.26. The molecular formula is C15H15N7. The first kappa shape index (κ1) is 12.9. The van der Waals surface area contributed by atoms with Crippen LogP contribution in [0.3, 0.4) is 0 Å². The van der Waals surface area contributed by atoms with Crippen molar-refractivity contribution in [1.82, 2.24) is 29.5 Å². The van der Waals surface area contributed by atoms with Gasteiger partial charge in [-0.05, 0) is 18.9 Å². The van der Waals surface area contributed by atoms with Crippen LogP contribution in [0.1, 0.15) is 24.6 Å². The highest BCUT2D eigenvalue weighted by Crippen LogP contribution is 2.35. The summed E-state index contributed by atoms with van der Waals surface area (Å²) in [6, 6.07) is 1.96. The van der Waals surface area contributed by atoms with Gasteiger partial charge in [0.2, 0.25) is 5.95 Å². The molecule has 7 nitrogen and oxygen atoms in total. The smallest absolute Gasteiger partial charge is 0.225 e. The number of nitrogens with zero attached hydrogens (tertiary/aromatic N) is 7. The lowest BCUT2D eigenvalue weighted by Gasteiger charge is -2.25. The zero-order valence-electron chi connectivity index (χ0n) is 11.9. The lowest BCUT2D eigenvalue weighted by molar-refractivity contribution is 0.666. The summed E-state index contributed by atoms with van der Waals surface area (Å²) in [6.45, 7) is 0.925. The first-order chi connectivity index (χ1) is 10.9. The highest BCUT2D eigenvalue weighted by molar-refractivity contribution is 5.41. The average molecular weight is 293 g/mol. The third-order valence-corrected chi connectivity index (χ3v) is 3.83. The Morgan fingerprint density at radius 2 is 1.82 bits per heavy atom. The molecule has 0 unspecified atom stereocenters. The van der Waals surface area contributed by atoms with Gasteiger partial charge >= 0.3 is 0 Å². The van der Waals surface area contributed by atoms with Gasteiger partial charge < -0.3 is 4.90 Å². The van der Waals surface area contributed by atoms with E-state index in [0.717, 1.165) is 36.8 Å². The van der Waals surface area contributed by atoms with Crippen molar-refractivity contribution in [2.75, 3.05) is 11.4 Å². The van der Waals surface area contributed by atoms with E-state index in [4.69, 9.17) is 0 Å². The number of anilines is 1. The molecule has 4 heterocycles. The van der Waals surface area contributed by atoms with Gasteiger partial charge in [-0.2, -0.15) is 0 Å². The highest BCUT2D eigenvalue weighted by atomic mass is 15.3. The van der Waals surface area contributed by atoms with Crippen molar-refractivity contribution in [2.45, 2.75) is 18.9 Å². The molecule has 0 bridgehead atoms. The summed E-state index contributed by atoms with van der Waals surface area (Å²) < 4.78 is 1.89. The maximum Gasteiger partial charge on any atom is 0.225 e. The Kier molecular flexibility index (Phi) is 3.23. The van der Waals surface area contributed by atoms with Gasteiger partial charge in [0.05, 0.1) is 6.04 Å². The van der Waals surface area contributed by atoms with Crippen LogP contribution in [0.2, 0.25) is 0 Å². The van der Waals surface area contributed by atoms with E-state index in [1.54, 1.807) is 37.3 Å². The summed E-state index contributed by atoms with van der Waals surface area (Å²) in [5.41, 5.74) is 0.936. The Morgan fingerprint density at radius 1 is 0.955 bits per heavy atom. The summed E-state index contributed by atoms with van der Waals surface area (Å²) in [5, 5.41) is 0. The second kappa shape index (κ2) is 5.51. The molecule has 0 amide bonds. The van der Waals surface area contributed by atoms with Gasteiger partial charge in [0.25, 0.3) is 0 Å². The van der Waals surface area contributed by atoms with Crippen LogP contribution >= 0.6 is 0 Å². The fourth-order valence-electron chi connectivity index (χ4n) is 2.89. The van der Waals surface area contributed by atoms with Crippen molar-refractivity contribution in [3.63, 3.8) is 0 Å². The minimum atomic E-state index is 0.133. The second-order valence-electron chi connectivity index (χ2n) is 5.14. The summed E-state index contributed by atoms with van der Waals surface area (Å²) in [7, 11) is 0. The van der Waals surface area contributed by atoms with E-state index in [0.29, 0.717) is 0 Å². The standard InChI is InChI=1S/C15H15N7/c1-3-12(22(9-1)15-19-4-2-5-20-15)13-14(18-7-6-17-13)21-10-8-16-11-21/h2,4-8,10-12H,1,3,9H2/t12-/m1/s1. The van der Waals surface area contributed by atoms with E-state index >= 15 is 0 Å². The molecule has 0 saturated carbocycles. The van der Waals surface area contributed by atoms with Crippen LogP contribution < -0.4 is 4.90 Å². The molecule has 0 spiro atoms. The Hall–Kier alpha value is -2.83. The predicted molar refractivity (Wildman–Crippen MR) is 80.5 cm³/mol. The van der Waals surface area contributed by atoms with E-state index in [9.17, 15) is 0 Å². The number of hydrogen-bond acceptors (Lipinski definition) is 6. The van der Waals surface area contributed by atoms with Crippen LogP contribution in [-0.2, 0) is 0 Å². The quantitative estimate of drug-likeness (QED) is 0.733. The molecule has 4 rings (SSSR count). The molecule has 1 atom stereocenters. The molecule has 0 N–H and O–H groups in total. The van der Waals surface area contributed by atoms with Gasteiger partial charge in [0.1, 0.15) is 12.0 Å². The van der Waals surface area contributed by atoms with Crippen molar-refractivity contribution in [2.24, 2.45) is 0 Å². The molecule has 3 aromatic rings. The van der Waals surface area contributed by atoms with Gasteiger partial charge in [-0.15, -0.1) is 0 Å². The molecule has 1 aliphatic heterocycles. The summed E-state index contributed by atoms with van der Waals surface area (Å²) in [5.74, 6) is 1.56. The third kappa shape index (κ3) is 2.20. The Morgan fingerprint density at radius 3 is 2.64 bits per heavy atom. The van der Waals surface area contributed by atoms with E-state index in [1.165, 1.54) is 0 Å². The average Bonchev–Trinajstić information content (AvgIpc) is 3.27. The first-order valence-electron chi connectivity index (χ1n) is 7.26. The molecule has 0 aromatic carbocycles. The minimum Gasteiger partial charge on any atom is -0.332 e. The van der Waals surface area contributed by atoms with E-state index < -0.39 is 0 Å². The largest absolute Gasteiger partial charge is 0.332 e. The van der Waals surface area contributed by atoms with Crippen molar-refractivity contribution >= 4 is 5.95 Å². The maximum atomic E-state index is 4.58. The fraction of sp³-hybridized carbons (Fsp3) is 0.267. The molecule has 3 aromatic heterocycles. The zero-order valence-corrected chi connectivity index (χ0v) is 11.9. The highest BCUT2D eigenvalue weighted by Gasteiger charge is 2.31. The van der Waals surface area contributed by atoms with Gasteiger partial charge in [-0.25, -0.2) is 19.9 Å². The Balaban J connectivity index is 1.76. The molecule has 110 valence electrons. The number of imidazole rings is 1. The van der Waals surface area contributed by atoms with E-state index in [-0.39, 0.29) is 6.04 Å². The van der Waals surface area contributed by atoms with Crippen LogP contribution in [0.15, 0.2) is 49.6 Å². The molecular weight excluding hydrogens is 278 g/mol. The normalized spacial score (nSPS) is 17.8. The Bertz CT molecular complexity index is 742. The lowest BCUT2D eigenvalue weighted by atomic mass is 10.1. The summed E-state index contributed by atoms with van der Waals surface area (Å²) in [4.78, 5) is 24.1. The van der Waals surface area contributed by atoms with Gasteiger partial charge in [0.15, 0.2) is 5.82 Å². The summed E-state index contributed by atoms with van der Waals surface area (Å²) >= 11 is 0. The SMILES string of the molecule is c1cnc(N2CCC[C@@H]2c2nccnc2-n2ccnc2)nc1. The number of aromatic nitrogens is 6. The molecule has 22 heavy (non-hydrogen) atoms. The topological polar surface area (TPSA) is 72.6 Å². The van der Waals surface area contributed by atoms with Crippen molar-refractivity contribution in [1.29, 1.82) is 0 Å². The van der Waals surface area contributed by atoms with Crippen molar-refractivity contribution < 1.29 is 0 Å². The van der Waals surface area contributed by atoms with E-state index in [1.807, 2.05) is 16.8 Å². The van der Waals surface area contributed by atoms with E-state index in [2.05, 4.69) is 29.8 Å². The van der Waals surface area contributed by atoms with Crippen LogP contribution in [0.25, 0.3) is 5.82 Å². The minimum absolute atomic E-state index is 0.133. The second-order valence-corrected chi connectivity index (χ2v) is 5.14. The van der Waals surface area contributed by atoms with Crippen LogP contribution in [-0.4, -0.2) is 36.0 Å². The molecule has 1 fully saturated rings. The first-order valence-corrected chi connectivity index (χ1v) is 7.26. The van der Waals surface area contributed by atoms with Crippen molar-refractivity contribution in [3.8, 4) is 5.82 Å². The maximum absolute atomic E-state index is 4.58. The molecule has 1 aliphatic rings. The van der Waals surface area contributed by atoms with Crippen molar-refractivity contribution in [3.05, 3.63) is 55.3 Å². The van der Waals surface area contributed by atoms with Crippen LogP contribution in [0.4, 0.5) is 5.95 Å². The Labute approximate surface area is 127 Å². The molecule has 1 saturated heterocycles. The van der Waals surface area contributed by atoms with Gasteiger partial charge in [0, 0.05) is 43.7 Å². The van der Waals surface area contributed by atoms with Crippen LogP contribution in [0, 0.1) is 0 Å².